The predicted molar refractivity (Wildman–Crippen MR) is 98.5 cm³/mol. The number of aromatic nitrogens is 1. The Morgan fingerprint density at radius 1 is 1.36 bits per heavy atom. The normalized spacial score (nSPS) is 10.1. The number of benzene rings is 1. The van der Waals surface area contributed by atoms with Crippen LogP contribution in [0.3, 0.4) is 0 Å². The molecule has 0 saturated heterocycles. The molecule has 0 amide bonds. The second-order valence-corrected chi connectivity index (χ2v) is 6.70. The van der Waals surface area contributed by atoms with Crippen LogP contribution in [0.15, 0.2) is 39.8 Å². The highest BCUT2D eigenvalue weighted by molar-refractivity contribution is 9.10. The van der Waals surface area contributed by atoms with Crippen LogP contribution in [0.2, 0.25) is 0 Å². The van der Waals surface area contributed by atoms with Crippen LogP contribution >= 0.6 is 27.7 Å². The van der Waals surface area contributed by atoms with Crippen LogP contribution < -0.4 is 5.73 Å². The average Bonchev–Trinajstić information content (AvgIpc) is 2.60. The summed E-state index contributed by atoms with van der Waals surface area (Å²) in [6, 6.07) is 10.3. The zero-order valence-corrected chi connectivity index (χ0v) is 15.7. The monoisotopic (exact) mass is 419 g/mol. The van der Waals surface area contributed by atoms with Crippen LogP contribution in [0, 0.1) is 11.3 Å². The maximum absolute atomic E-state index is 12.2. The molecule has 0 unspecified atom stereocenters. The summed E-state index contributed by atoms with van der Waals surface area (Å²) >= 11 is 4.41. The fraction of sp³-hybridized carbons (Fsp3) is 0.176. The van der Waals surface area contributed by atoms with Crippen molar-refractivity contribution < 1.29 is 14.3 Å². The van der Waals surface area contributed by atoms with E-state index in [1.165, 1.54) is 6.07 Å². The number of anilines is 1. The van der Waals surface area contributed by atoms with Gasteiger partial charge in [0.15, 0.2) is 5.78 Å². The Hall–Kier alpha value is -2.37. The third kappa shape index (κ3) is 4.81. The van der Waals surface area contributed by atoms with Gasteiger partial charge < -0.3 is 10.5 Å². The van der Waals surface area contributed by atoms with Crippen molar-refractivity contribution in [2.24, 2.45) is 0 Å². The molecule has 2 N–H and O–H groups in total. The Labute approximate surface area is 157 Å². The Bertz CT molecular complexity index is 847. The van der Waals surface area contributed by atoms with Gasteiger partial charge in [-0.3, -0.25) is 4.79 Å². The molecule has 0 saturated carbocycles. The maximum Gasteiger partial charge on any atom is 0.341 e. The molecule has 0 atom stereocenters. The molecule has 128 valence electrons. The topological polar surface area (TPSA) is 106 Å². The standard InChI is InChI=1S/C17H14BrN3O3S/c1-2-24-17(23)13-7-11(8-19)16(21-15(13)20)25-9-14(22)10-3-5-12(18)6-4-10/h3-7H,2,9H2,1H3,(H2,20,21). The zero-order valence-electron chi connectivity index (χ0n) is 13.3. The first-order valence-corrected chi connectivity index (χ1v) is 9.03. The summed E-state index contributed by atoms with van der Waals surface area (Å²) in [4.78, 5) is 28.1. The molecule has 1 heterocycles. The van der Waals surface area contributed by atoms with Gasteiger partial charge in [0.1, 0.15) is 22.5 Å². The predicted octanol–water partition coefficient (Wildman–Crippen LogP) is 3.45. The van der Waals surface area contributed by atoms with Gasteiger partial charge in [-0.2, -0.15) is 5.26 Å². The number of ether oxygens (including phenoxy) is 1. The van der Waals surface area contributed by atoms with Gasteiger partial charge >= 0.3 is 5.97 Å². The first kappa shape index (κ1) is 19.0. The Morgan fingerprint density at radius 3 is 2.64 bits per heavy atom. The molecular weight excluding hydrogens is 406 g/mol. The number of Topliss-reactive ketones (excluding diaryl/α,β-unsaturated/α-hetero) is 1. The van der Waals surface area contributed by atoms with Crippen molar-refractivity contribution in [3.05, 3.63) is 51.5 Å². The van der Waals surface area contributed by atoms with Crippen LogP contribution in [-0.4, -0.2) is 29.1 Å². The number of nitrogens with two attached hydrogens (primary N) is 1. The molecule has 8 heteroatoms. The first-order valence-electron chi connectivity index (χ1n) is 7.25. The molecule has 0 bridgehead atoms. The van der Waals surface area contributed by atoms with E-state index in [-0.39, 0.29) is 35.1 Å². The minimum atomic E-state index is -0.633. The molecule has 1 aromatic heterocycles. The van der Waals surface area contributed by atoms with E-state index < -0.39 is 5.97 Å². The number of thioether (sulfide) groups is 1. The number of nitriles is 1. The van der Waals surface area contributed by atoms with E-state index in [0.717, 1.165) is 16.2 Å². The second-order valence-electron chi connectivity index (χ2n) is 4.82. The van der Waals surface area contributed by atoms with Crippen LogP contribution in [0.25, 0.3) is 0 Å². The van der Waals surface area contributed by atoms with Gasteiger partial charge in [-0.05, 0) is 25.1 Å². The van der Waals surface area contributed by atoms with Crippen LogP contribution in [0.1, 0.15) is 33.2 Å². The first-order chi connectivity index (χ1) is 12.0. The lowest BCUT2D eigenvalue weighted by molar-refractivity contribution is 0.0527. The zero-order chi connectivity index (χ0) is 18.4. The smallest absolute Gasteiger partial charge is 0.341 e. The fourth-order valence-electron chi connectivity index (χ4n) is 1.93. The summed E-state index contributed by atoms with van der Waals surface area (Å²) in [5.74, 6) is -0.666. The largest absolute Gasteiger partial charge is 0.462 e. The summed E-state index contributed by atoms with van der Waals surface area (Å²) in [6.07, 6.45) is 0. The number of hydrogen-bond donors (Lipinski definition) is 1. The highest BCUT2D eigenvalue weighted by atomic mass is 79.9. The molecule has 2 aromatic rings. The average molecular weight is 420 g/mol. The quantitative estimate of drug-likeness (QED) is 0.433. The third-order valence-electron chi connectivity index (χ3n) is 3.14. The summed E-state index contributed by atoms with van der Waals surface area (Å²) in [7, 11) is 0. The molecule has 6 nitrogen and oxygen atoms in total. The minimum absolute atomic E-state index is 0.0314. The van der Waals surface area contributed by atoms with Gasteiger partial charge in [0.2, 0.25) is 0 Å². The number of carbonyl (C=O) groups is 2. The summed E-state index contributed by atoms with van der Waals surface area (Å²) < 4.78 is 5.76. The molecular formula is C17H14BrN3O3S. The lowest BCUT2D eigenvalue weighted by Gasteiger charge is -2.08. The van der Waals surface area contributed by atoms with Gasteiger partial charge in [-0.15, -0.1) is 0 Å². The molecule has 2 rings (SSSR count). The molecule has 25 heavy (non-hydrogen) atoms. The fourth-order valence-corrected chi connectivity index (χ4v) is 3.05. The number of pyridine rings is 1. The van der Waals surface area contributed by atoms with Crippen molar-refractivity contribution >= 4 is 45.3 Å². The number of nitrogens with zero attached hydrogens (tertiary/aromatic N) is 2. The number of rotatable bonds is 6. The van der Waals surface area contributed by atoms with E-state index >= 15 is 0 Å². The summed E-state index contributed by atoms with van der Waals surface area (Å²) in [5, 5.41) is 9.58. The van der Waals surface area contributed by atoms with Gasteiger partial charge in [0.25, 0.3) is 0 Å². The summed E-state index contributed by atoms with van der Waals surface area (Å²) in [5.41, 5.74) is 6.56. The second kappa shape index (κ2) is 8.65. The molecule has 0 aliphatic rings. The van der Waals surface area contributed by atoms with Crippen molar-refractivity contribution in [1.82, 2.24) is 4.98 Å². The highest BCUT2D eigenvalue weighted by Crippen LogP contribution is 2.25. The number of esters is 1. The molecule has 0 fully saturated rings. The molecule has 0 aliphatic heterocycles. The maximum atomic E-state index is 12.2. The van der Waals surface area contributed by atoms with E-state index in [1.807, 2.05) is 6.07 Å². The lowest BCUT2D eigenvalue weighted by Crippen LogP contribution is -2.11. The van der Waals surface area contributed by atoms with E-state index in [4.69, 9.17) is 10.5 Å². The molecule has 0 radical (unpaired) electrons. The van der Waals surface area contributed by atoms with Crippen molar-refractivity contribution in [3.63, 3.8) is 0 Å². The summed E-state index contributed by atoms with van der Waals surface area (Å²) in [6.45, 7) is 1.86. The van der Waals surface area contributed by atoms with Gasteiger partial charge in [-0.1, -0.05) is 39.8 Å². The van der Waals surface area contributed by atoms with Crippen LogP contribution in [0.4, 0.5) is 5.82 Å². The van der Waals surface area contributed by atoms with E-state index in [9.17, 15) is 14.9 Å². The number of hydrogen-bond acceptors (Lipinski definition) is 7. The van der Waals surface area contributed by atoms with E-state index in [1.54, 1.807) is 31.2 Å². The van der Waals surface area contributed by atoms with Crippen molar-refractivity contribution in [2.75, 3.05) is 18.1 Å². The van der Waals surface area contributed by atoms with Crippen molar-refractivity contribution in [1.29, 1.82) is 5.26 Å². The number of halogens is 1. The van der Waals surface area contributed by atoms with E-state index in [2.05, 4.69) is 20.9 Å². The lowest BCUT2D eigenvalue weighted by atomic mass is 10.2. The molecule has 0 spiro atoms. The highest BCUT2D eigenvalue weighted by Gasteiger charge is 2.18. The third-order valence-corrected chi connectivity index (χ3v) is 4.66. The van der Waals surface area contributed by atoms with Crippen molar-refractivity contribution in [3.8, 4) is 6.07 Å². The molecule has 1 aromatic carbocycles. The van der Waals surface area contributed by atoms with Gasteiger partial charge in [-0.25, -0.2) is 9.78 Å². The van der Waals surface area contributed by atoms with E-state index in [0.29, 0.717) is 10.6 Å². The Morgan fingerprint density at radius 2 is 2.04 bits per heavy atom. The van der Waals surface area contributed by atoms with Crippen LogP contribution in [0.5, 0.6) is 0 Å². The number of carbonyl (C=O) groups excluding carboxylic acids is 2. The van der Waals surface area contributed by atoms with Gasteiger partial charge in [0.05, 0.1) is 17.9 Å². The SMILES string of the molecule is CCOC(=O)c1cc(C#N)c(SCC(=O)c2ccc(Br)cc2)nc1N. The van der Waals surface area contributed by atoms with Gasteiger partial charge in [0, 0.05) is 10.0 Å². The molecule has 0 aliphatic carbocycles. The Kier molecular flexibility index (Phi) is 6.56. The number of ketones is 1. The Balaban J connectivity index is 2.18. The minimum Gasteiger partial charge on any atom is -0.462 e. The van der Waals surface area contributed by atoms with Crippen molar-refractivity contribution in [2.45, 2.75) is 11.9 Å². The number of nitrogen functional groups attached to an aromatic ring is 1. The van der Waals surface area contributed by atoms with Crippen LogP contribution in [-0.2, 0) is 4.74 Å².